The van der Waals surface area contributed by atoms with Crippen molar-refractivity contribution >= 4 is 0 Å². The molecule has 1 rings (SSSR count). The minimum absolute atomic E-state index is 0.0375. The zero-order chi connectivity index (χ0) is 10.6. The quantitative estimate of drug-likeness (QED) is 0.787. The summed E-state index contributed by atoms with van der Waals surface area (Å²) < 4.78 is 5.02. The van der Waals surface area contributed by atoms with Gasteiger partial charge in [0.15, 0.2) is 0 Å². The third kappa shape index (κ3) is 2.57. The lowest BCUT2D eigenvalue weighted by Gasteiger charge is -2.04. The van der Waals surface area contributed by atoms with Gasteiger partial charge in [-0.25, -0.2) is 0 Å². The van der Waals surface area contributed by atoms with Crippen LogP contribution in [0.15, 0.2) is 4.52 Å². The number of rotatable bonds is 4. The molecule has 1 atom stereocenters. The van der Waals surface area contributed by atoms with Crippen molar-refractivity contribution in [2.75, 3.05) is 6.54 Å². The minimum Gasteiger partial charge on any atom is -0.361 e. The molecule has 0 spiro atoms. The van der Waals surface area contributed by atoms with Crippen molar-refractivity contribution in [1.82, 2.24) is 10.5 Å². The Hall–Kier alpha value is -1.34. The Morgan fingerprint density at radius 3 is 2.79 bits per heavy atom. The highest BCUT2D eigenvalue weighted by molar-refractivity contribution is 5.20. The molecule has 14 heavy (non-hydrogen) atoms. The van der Waals surface area contributed by atoms with E-state index in [2.05, 4.69) is 16.5 Å². The second-order valence-electron chi connectivity index (χ2n) is 3.46. The van der Waals surface area contributed by atoms with Crippen molar-refractivity contribution in [3.8, 4) is 6.07 Å². The highest BCUT2D eigenvalue weighted by atomic mass is 16.5. The van der Waals surface area contributed by atoms with Crippen LogP contribution in [0.3, 0.4) is 0 Å². The fourth-order valence-electron chi connectivity index (χ4n) is 1.21. The van der Waals surface area contributed by atoms with Crippen LogP contribution >= 0.6 is 0 Å². The molecule has 0 saturated carbocycles. The van der Waals surface area contributed by atoms with Gasteiger partial charge >= 0.3 is 0 Å². The Balaban J connectivity index is 2.43. The molecule has 0 aliphatic rings. The molecular formula is C10H15N3O. The third-order valence-electron chi connectivity index (χ3n) is 2.15. The zero-order valence-corrected chi connectivity index (χ0v) is 8.79. The van der Waals surface area contributed by atoms with E-state index >= 15 is 0 Å². The van der Waals surface area contributed by atoms with Gasteiger partial charge in [-0.15, -0.1) is 0 Å². The summed E-state index contributed by atoms with van der Waals surface area (Å²) in [6.45, 7) is 7.11. The van der Waals surface area contributed by atoms with Gasteiger partial charge in [-0.05, 0) is 20.8 Å². The predicted molar refractivity (Wildman–Crippen MR) is 52.5 cm³/mol. The lowest BCUT2D eigenvalue weighted by atomic mass is 10.2. The maximum atomic E-state index is 8.58. The first-order valence-electron chi connectivity index (χ1n) is 4.67. The van der Waals surface area contributed by atoms with Crippen LogP contribution in [0.1, 0.15) is 23.9 Å². The molecule has 0 aliphatic heterocycles. The molecule has 0 radical (unpaired) electrons. The maximum Gasteiger partial charge on any atom is 0.138 e. The van der Waals surface area contributed by atoms with E-state index in [-0.39, 0.29) is 5.92 Å². The van der Waals surface area contributed by atoms with Crippen molar-refractivity contribution in [2.45, 2.75) is 27.3 Å². The molecule has 1 aromatic heterocycles. The van der Waals surface area contributed by atoms with Gasteiger partial charge in [0.1, 0.15) is 5.76 Å². The second-order valence-corrected chi connectivity index (χ2v) is 3.46. The van der Waals surface area contributed by atoms with Gasteiger partial charge in [0.2, 0.25) is 0 Å². The van der Waals surface area contributed by atoms with Gasteiger partial charge in [0.05, 0.1) is 17.7 Å². The number of hydrogen-bond acceptors (Lipinski definition) is 4. The highest BCUT2D eigenvalue weighted by Crippen LogP contribution is 2.11. The molecule has 0 fully saturated rings. The number of nitriles is 1. The fraction of sp³-hybridized carbons (Fsp3) is 0.600. The van der Waals surface area contributed by atoms with E-state index < -0.39 is 0 Å². The summed E-state index contributed by atoms with van der Waals surface area (Å²) in [5, 5.41) is 15.6. The monoisotopic (exact) mass is 193 g/mol. The summed E-state index contributed by atoms with van der Waals surface area (Å²) in [7, 11) is 0. The number of aromatic nitrogens is 1. The van der Waals surface area contributed by atoms with E-state index in [4.69, 9.17) is 9.78 Å². The maximum absolute atomic E-state index is 8.58. The first-order chi connectivity index (χ1) is 6.65. The van der Waals surface area contributed by atoms with Crippen molar-refractivity contribution in [2.24, 2.45) is 5.92 Å². The smallest absolute Gasteiger partial charge is 0.138 e. The van der Waals surface area contributed by atoms with Crippen molar-refractivity contribution in [3.63, 3.8) is 0 Å². The van der Waals surface area contributed by atoms with Crippen molar-refractivity contribution in [3.05, 3.63) is 17.0 Å². The van der Waals surface area contributed by atoms with Gasteiger partial charge in [-0.1, -0.05) is 5.16 Å². The summed E-state index contributed by atoms with van der Waals surface area (Å²) in [4.78, 5) is 0. The largest absolute Gasteiger partial charge is 0.361 e. The topological polar surface area (TPSA) is 61.9 Å². The lowest BCUT2D eigenvalue weighted by molar-refractivity contribution is 0.391. The molecule has 0 aliphatic carbocycles. The summed E-state index contributed by atoms with van der Waals surface area (Å²) in [6, 6.07) is 2.17. The van der Waals surface area contributed by atoms with Gasteiger partial charge in [0, 0.05) is 18.7 Å². The lowest BCUT2D eigenvalue weighted by Crippen LogP contribution is -2.20. The van der Waals surface area contributed by atoms with Crippen molar-refractivity contribution in [1.29, 1.82) is 5.26 Å². The first kappa shape index (κ1) is 10.7. The Kier molecular flexibility index (Phi) is 3.66. The van der Waals surface area contributed by atoms with Crippen LogP contribution in [0.25, 0.3) is 0 Å². The number of hydrogen-bond donors (Lipinski definition) is 1. The van der Waals surface area contributed by atoms with Crippen LogP contribution in [0.2, 0.25) is 0 Å². The van der Waals surface area contributed by atoms with Crippen LogP contribution in [0.5, 0.6) is 0 Å². The Bertz CT molecular complexity index is 318. The van der Waals surface area contributed by atoms with Gasteiger partial charge in [-0.3, -0.25) is 0 Å². The normalized spacial score (nSPS) is 12.4. The molecule has 0 saturated heterocycles. The summed E-state index contributed by atoms with van der Waals surface area (Å²) in [5.41, 5.74) is 2.01. The van der Waals surface area contributed by atoms with Gasteiger partial charge in [0.25, 0.3) is 0 Å². The fourth-order valence-corrected chi connectivity index (χ4v) is 1.21. The Labute approximate surface area is 83.9 Å². The summed E-state index contributed by atoms with van der Waals surface area (Å²) in [5.74, 6) is 0.884. The SMILES string of the molecule is Cc1noc(C)c1CNCC(C)C#N. The van der Waals surface area contributed by atoms with E-state index in [0.29, 0.717) is 13.1 Å². The second kappa shape index (κ2) is 4.77. The minimum atomic E-state index is 0.0375. The molecule has 4 heteroatoms. The van der Waals surface area contributed by atoms with E-state index in [9.17, 15) is 0 Å². The molecule has 4 nitrogen and oxygen atoms in total. The van der Waals surface area contributed by atoms with Gasteiger partial charge in [-0.2, -0.15) is 5.26 Å². The van der Waals surface area contributed by atoms with E-state index in [1.165, 1.54) is 0 Å². The average Bonchev–Trinajstić information content (AvgIpc) is 2.48. The molecule has 1 N–H and O–H groups in total. The molecule has 1 aromatic rings. The van der Waals surface area contributed by atoms with E-state index in [1.54, 1.807) is 0 Å². The number of nitrogens with one attached hydrogen (secondary N) is 1. The first-order valence-corrected chi connectivity index (χ1v) is 4.67. The predicted octanol–water partition coefficient (Wildman–Crippen LogP) is 1.54. The number of nitrogens with zero attached hydrogens (tertiary/aromatic N) is 2. The van der Waals surface area contributed by atoms with Crippen LogP contribution < -0.4 is 5.32 Å². The molecule has 0 amide bonds. The van der Waals surface area contributed by atoms with Crippen LogP contribution in [-0.4, -0.2) is 11.7 Å². The molecular weight excluding hydrogens is 178 g/mol. The molecule has 1 unspecified atom stereocenters. The molecule has 0 bridgehead atoms. The standard InChI is InChI=1S/C10H15N3O/c1-7(4-11)5-12-6-10-8(2)13-14-9(10)3/h7,12H,5-6H2,1-3H3. The summed E-state index contributed by atoms with van der Waals surface area (Å²) >= 11 is 0. The molecule has 76 valence electrons. The van der Waals surface area contributed by atoms with Crippen LogP contribution in [0.4, 0.5) is 0 Å². The van der Waals surface area contributed by atoms with Gasteiger partial charge < -0.3 is 9.84 Å². The van der Waals surface area contributed by atoms with Crippen LogP contribution in [0, 0.1) is 31.1 Å². The average molecular weight is 193 g/mol. The Morgan fingerprint density at radius 1 is 1.57 bits per heavy atom. The summed E-state index contributed by atoms with van der Waals surface area (Å²) in [6.07, 6.45) is 0. The zero-order valence-electron chi connectivity index (χ0n) is 8.79. The highest BCUT2D eigenvalue weighted by Gasteiger charge is 2.08. The van der Waals surface area contributed by atoms with E-state index in [1.807, 2.05) is 20.8 Å². The number of aryl methyl sites for hydroxylation is 2. The third-order valence-corrected chi connectivity index (χ3v) is 2.15. The molecule has 1 heterocycles. The molecule has 0 aromatic carbocycles. The van der Waals surface area contributed by atoms with Crippen LogP contribution in [-0.2, 0) is 6.54 Å². The van der Waals surface area contributed by atoms with Crippen molar-refractivity contribution < 1.29 is 4.52 Å². The van der Waals surface area contributed by atoms with E-state index in [0.717, 1.165) is 17.0 Å². The Morgan fingerprint density at radius 2 is 2.29 bits per heavy atom.